The molecule has 4 heteroatoms. The first-order valence-corrected chi connectivity index (χ1v) is 20.0. The summed E-state index contributed by atoms with van der Waals surface area (Å²) in [7, 11) is 0. The Morgan fingerprint density at radius 3 is 1.31 bits per heavy atom. The van der Waals surface area contributed by atoms with Crippen molar-refractivity contribution in [3.63, 3.8) is 0 Å². The molecule has 0 spiro atoms. The first kappa shape index (κ1) is 35.7. The lowest BCUT2D eigenvalue weighted by Crippen LogP contribution is -2.05. The number of benzene rings is 8. The van der Waals surface area contributed by atoms with Crippen molar-refractivity contribution in [1.29, 1.82) is 10.5 Å². The number of nitrogens with zero attached hydrogens (tertiary/aromatic N) is 4. The van der Waals surface area contributed by atoms with Gasteiger partial charge < -0.3 is 9.13 Å². The van der Waals surface area contributed by atoms with Crippen LogP contribution >= 0.6 is 0 Å². The van der Waals surface area contributed by atoms with Crippen molar-refractivity contribution < 1.29 is 0 Å². The van der Waals surface area contributed by atoms with Gasteiger partial charge >= 0.3 is 0 Å². The molecule has 2 aromatic heterocycles. The van der Waals surface area contributed by atoms with Gasteiger partial charge in [-0.2, -0.15) is 10.5 Å². The van der Waals surface area contributed by atoms with Crippen LogP contribution in [0.2, 0.25) is 0 Å². The molecule has 0 fully saturated rings. The largest absolute Gasteiger partial charge is 0.308 e. The number of hydrogen-bond donors (Lipinski definition) is 0. The van der Waals surface area contributed by atoms with E-state index in [2.05, 4.69) is 176 Å². The van der Waals surface area contributed by atoms with Gasteiger partial charge in [-0.05, 0) is 128 Å². The van der Waals surface area contributed by atoms with E-state index < -0.39 is 0 Å². The molecule has 10 rings (SSSR count). The Bertz CT molecular complexity index is 3280. The van der Waals surface area contributed by atoms with Gasteiger partial charge in [-0.1, -0.05) is 114 Å². The third-order valence-corrected chi connectivity index (χ3v) is 11.9. The Balaban J connectivity index is 1.38. The predicted octanol–water partition coefficient (Wildman–Crippen LogP) is 14.2. The molecule has 0 aliphatic rings. The zero-order valence-corrected chi connectivity index (χ0v) is 33.7. The van der Waals surface area contributed by atoms with Gasteiger partial charge in [-0.25, -0.2) is 0 Å². The fourth-order valence-corrected chi connectivity index (χ4v) is 9.39. The first-order chi connectivity index (χ1) is 28.7. The average Bonchev–Trinajstić information content (AvgIpc) is 3.75. The Kier molecular flexibility index (Phi) is 8.34. The summed E-state index contributed by atoms with van der Waals surface area (Å²) < 4.78 is 4.67. The van der Waals surface area contributed by atoms with Crippen LogP contribution in [-0.4, -0.2) is 9.13 Å². The van der Waals surface area contributed by atoms with E-state index >= 15 is 0 Å². The highest BCUT2D eigenvalue weighted by Crippen LogP contribution is 2.44. The Hall–Kier alpha value is -7.66. The van der Waals surface area contributed by atoms with Crippen LogP contribution in [0, 0.1) is 57.3 Å². The van der Waals surface area contributed by atoms with E-state index in [-0.39, 0.29) is 0 Å². The molecule has 0 saturated heterocycles. The maximum atomic E-state index is 10.9. The third-order valence-electron chi connectivity index (χ3n) is 11.9. The maximum Gasteiger partial charge on any atom is 0.0993 e. The molecule has 0 unspecified atom stereocenters. The minimum Gasteiger partial charge on any atom is -0.308 e. The van der Waals surface area contributed by atoms with E-state index in [1.807, 2.05) is 31.2 Å². The van der Waals surface area contributed by atoms with Crippen molar-refractivity contribution in [2.24, 2.45) is 0 Å². The Morgan fingerprint density at radius 1 is 0.373 bits per heavy atom. The molecule has 4 nitrogen and oxygen atoms in total. The summed E-state index contributed by atoms with van der Waals surface area (Å²) in [4.78, 5) is 0. The van der Waals surface area contributed by atoms with Crippen LogP contribution in [0.4, 0.5) is 0 Å². The van der Waals surface area contributed by atoms with Crippen LogP contribution in [0.3, 0.4) is 0 Å². The lowest BCUT2D eigenvalue weighted by atomic mass is 9.95. The topological polar surface area (TPSA) is 57.4 Å². The summed E-state index contributed by atoms with van der Waals surface area (Å²) >= 11 is 0. The van der Waals surface area contributed by atoms with Crippen LogP contribution in [0.1, 0.15) is 38.9 Å². The van der Waals surface area contributed by atoms with Crippen molar-refractivity contribution in [3.8, 4) is 56.9 Å². The predicted molar refractivity (Wildman–Crippen MR) is 245 cm³/mol. The van der Waals surface area contributed by atoms with Gasteiger partial charge in [0.05, 0.1) is 56.7 Å². The smallest absolute Gasteiger partial charge is 0.0993 e. The normalized spacial score (nSPS) is 11.4. The zero-order chi connectivity index (χ0) is 40.5. The first-order valence-electron chi connectivity index (χ1n) is 20.0. The maximum absolute atomic E-state index is 10.9. The number of para-hydroxylation sites is 2. The minimum absolute atomic E-state index is 0.542. The van der Waals surface area contributed by atoms with E-state index in [9.17, 15) is 10.5 Å². The van der Waals surface area contributed by atoms with E-state index in [0.717, 1.165) is 82.8 Å². The molecule has 10 aromatic rings. The molecule has 0 atom stereocenters. The molecule has 280 valence electrons. The molecular weight excluding hydrogens is 717 g/mol. The van der Waals surface area contributed by atoms with Crippen LogP contribution in [-0.2, 0) is 0 Å². The van der Waals surface area contributed by atoms with E-state index in [4.69, 9.17) is 0 Å². The van der Waals surface area contributed by atoms with Gasteiger partial charge in [-0.3, -0.25) is 0 Å². The fourth-order valence-electron chi connectivity index (χ4n) is 9.39. The fraction of sp³-hybridized carbons (Fsp3) is 0.0909. The van der Waals surface area contributed by atoms with Crippen LogP contribution in [0.15, 0.2) is 152 Å². The Labute approximate surface area is 344 Å². The van der Waals surface area contributed by atoms with Gasteiger partial charge in [-0.15, -0.1) is 0 Å². The summed E-state index contributed by atoms with van der Waals surface area (Å²) in [6.45, 7) is 10.6. The van der Waals surface area contributed by atoms with Gasteiger partial charge in [0.2, 0.25) is 0 Å². The van der Waals surface area contributed by atoms with Crippen molar-refractivity contribution in [2.45, 2.75) is 34.6 Å². The van der Waals surface area contributed by atoms with E-state index in [0.29, 0.717) is 11.1 Å². The van der Waals surface area contributed by atoms with E-state index in [1.54, 1.807) is 0 Å². The van der Waals surface area contributed by atoms with Gasteiger partial charge in [0.25, 0.3) is 0 Å². The molecule has 2 heterocycles. The lowest BCUT2D eigenvalue weighted by molar-refractivity contribution is 1.13. The van der Waals surface area contributed by atoms with Crippen molar-refractivity contribution in [2.75, 3.05) is 0 Å². The standard InChI is InChI=1S/C55H40N4/c1-33-14-18-43(36(4)22-33)40-16-20-47-45-10-6-8-12-49(45)58(51(47)29-40)53-27-39(32-57)28-54(55(53)42-25-35(3)24-38(26-42)31-56)59-50-13-9-7-11-46(50)48-21-17-41(30-52(48)59)44-19-15-34(2)23-37(44)5/h6-30H,1-5H3. The SMILES string of the molecule is Cc1cc(C#N)cc(-c2c(-n3c4ccccc4c4ccc(-c5ccc(C)cc5C)cc43)cc(C#N)cc2-n2c3ccccc3c3ccc(-c4ccc(C)cc4C)cc32)c1. The summed E-state index contributed by atoms with van der Waals surface area (Å²) in [5, 5.41) is 25.7. The summed E-state index contributed by atoms with van der Waals surface area (Å²) in [5.41, 5.74) is 19.4. The molecule has 0 aliphatic carbocycles. The quantitative estimate of drug-likeness (QED) is 0.176. The average molecular weight is 757 g/mol. The monoisotopic (exact) mass is 756 g/mol. The number of rotatable bonds is 5. The second kappa shape index (κ2) is 13.8. The van der Waals surface area contributed by atoms with Gasteiger partial charge in [0.1, 0.15) is 0 Å². The van der Waals surface area contributed by atoms with Crippen LogP contribution in [0.25, 0.3) is 88.4 Å². The molecular formula is C55H40N4. The van der Waals surface area contributed by atoms with Crippen molar-refractivity contribution in [3.05, 3.63) is 191 Å². The highest BCUT2D eigenvalue weighted by molar-refractivity contribution is 6.13. The summed E-state index contributed by atoms with van der Waals surface area (Å²) in [5.74, 6) is 0. The molecule has 0 amide bonds. The number of hydrogen-bond acceptors (Lipinski definition) is 2. The molecule has 0 N–H and O–H groups in total. The zero-order valence-electron chi connectivity index (χ0n) is 33.7. The highest BCUT2D eigenvalue weighted by atomic mass is 15.0. The molecule has 0 radical (unpaired) electrons. The van der Waals surface area contributed by atoms with Gasteiger partial charge in [0.15, 0.2) is 0 Å². The second-order valence-electron chi connectivity index (χ2n) is 16.0. The van der Waals surface area contributed by atoms with Crippen LogP contribution < -0.4 is 0 Å². The van der Waals surface area contributed by atoms with E-state index in [1.165, 1.54) is 33.4 Å². The number of fused-ring (bicyclic) bond motifs is 6. The number of aromatic nitrogens is 2. The number of nitriles is 2. The summed E-state index contributed by atoms with van der Waals surface area (Å²) in [6.07, 6.45) is 0. The molecule has 59 heavy (non-hydrogen) atoms. The molecule has 0 saturated carbocycles. The third kappa shape index (κ3) is 5.81. The second-order valence-corrected chi connectivity index (χ2v) is 16.0. The van der Waals surface area contributed by atoms with Crippen molar-refractivity contribution >= 4 is 43.6 Å². The summed E-state index contributed by atoms with van der Waals surface area (Å²) in [6, 6.07) is 58.9. The lowest BCUT2D eigenvalue weighted by Gasteiger charge is -2.21. The minimum atomic E-state index is 0.542. The Morgan fingerprint density at radius 2 is 0.831 bits per heavy atom. The molecule has 0 bridgehead atoms. The van der Waals surface area contributed by atoms with Crippen molar-refractivity contribution in [1.82, 2.24) is 9.13 Å². The number of aryl methyl sites for hydroxylation is 5. The highest BCUT2D eigenvalue weighted by Gasteiger charge is 2.24. The molecule has 8 aromatic carbocycles. The van der Waals surface area contributed by atoms with Crippen LogP contribution in [0.5, 0.6) is 0 Å². The molecule has 0 aliphatic heterocycles. The van der Waals surface area contributed by atoms with Gasteiger partial charge in [0, 0.05) is 27.1 Å².